The quantitative estimate of drug-likeness (QED) is 0.126. The first-order chi connectivity index (χ1) is 23.1. The summed E-state index contributed by atoms with van der Waals surface area (Å²) in [5.41, 5.74) is 2.43. The van der Waals surface area contributed by atoms with E-state index >= 15 is 0 Å². The van der Waals surface area contributed by atoms with Crippen LogP contribution in [0.1, 0.15) is 11.4 Å². The van der Waals surface area contributed by atoms with Crippen LogP contribution >= 0.6 is 11.8 Å². The zero-order valence-electron chi connectivity index (χ0n) is 25.8. The van der Waals surface area contributed by atoms with Crippen molar-refractivity contribution >= 4 is 23.4 Å². The van der Waals surface area contributed by atoms with Gasteiger partial charge in [-0.15, -0.1) is 10.2 Å². The summed E-state index contributed by atoms with van der Waals surface area (Å²) in [5, 5.41) is 12.6. The van der Waals surface area contributed by atoms with Gasteiger partial charge >= 0.3 is 0 Å². The second-order valence-electron chi connectivity index (χ2n) is 10.3. The number of anilines is 1. The molecule has 47 heavy (non-hydrogen) atoms. The van der Waals surface area contributed by atoms with Gasteiger partial charge in [0, 0.05) is 23.9 Å². The van der Waals surface area contributed by atoms with E-state index in [9.17, 15) is 4.79 Å². The molecule has 10 heteroatoms. The lowest BCUT2D eigenvalue weighted by Crippen LogP contribution is -2.14. The maximum atomic E-state index is 13.1. The topological polar surface area (TPSA) is 96.7 Å². The number of thioether (sulfide) groups is 1. The van der Waals surface area contributed by atoms with Crippen LogP contribution in [-0.4, -0.2) is 40.6 Å². The number of carbonyl (C=O) groups excluding carboxylic acids is 1. The third-order valence-corrected chi connectivity index (χ3v) is 7.94. The Morgan fingerprint density at radius 2 is 1.32 bits per heavy atom. The van der Waals surface area contributed by atoms with E-state index in [2.05, 4.69) is 15.5 Å². The predicted octanol–water partition coefficient (Wildman–Crippen LogP) is 8.19. The highest BCUT2D eigenvalue weighted by Crippen LogP contribution is 2.31. The number of benzene rings is 5. The lowest BCUT2D eigenvalue weighted by atomic mass is 10.1. The Morgan fingerprint density at radius 3 is 2.00 bits per heavy atom. The molecule has 0 fully saturated rings. The van der Waals surface area contributed by atoms with E-state index in [1.807, 2.05) is 126 Å². The van der Waals surface area contributed by atoms with Crippen molar-refractivity contribution in [3.63, 3.8) is 0 Å². The molecule has 0 aliphatic heterocycles. The molecule has 0 aliphatic carbocycles. The molecule has 1 amide bonds. The monoisotopic (exact) mass is 644 g/mol. The van der Waals surface area contributed by atoms with Crippen molar-refractivity contribution in [3.05, 3.63) is 139 Å². The van der Waals surface area contributed by atoms with Crippen LogP contribution < -0.4 is 24.3 Å². The fraction of sp³-hybridized carbons (Fsp3) is 0.108. The number of hydrogen-bond acceptors (Lipinski definition) is 8. The van der Waals surface area contributed by atoms with Crippen LogP contribution in [0.2, 0.25) is 0 Å². The van der Waals surface area contributed by atoms with Gasteiger partial charge in [0.1, 0.15) is 28.8 Å². The summed E-state index contributed by atoms with van der Waals surface area (Å²) in [6.07, 6.45) is 0.469. The third kappa shape index (κ3) is 8.11. The van der Waals surface area contributed by atoms with Crippen LogP contribution in [0, 0.1) is 0 Å². The van der Waals surface area contributed by atoms with E-state index in [4.69, 9.17) is 18.9 Å². The fourth-order valence-electron chi connectivity index (χ4n) is 4.82. The van der Waals surface area contributed by atoms with Crippen molar-refractivity contribution in [3.8, 4) is 40.2 Å². The number of carbonyl (C=O) groups is 1. The lowest BCUT2D eigenvalue weighted by molar-refractivity contribution is -0.113. The van der Waals surface area contributed by atoms with Crippen molar-refractivity contribution in [2.75, 3.05) is 25.3 Å². The number of rotatable bonds is 13. The highest BCUT2D eigenvalue weighted by atomic mass is 32.2. The van der Waals surface area contributed by atoms with Gasteiger partial charge in [0.25, 0.3) is 0 Å². The van der Waals surface area contributed by atoms with Gasteiger partial charge < -0.3 is 24.3 Å². The van der Waals surface area contributed by atoms with Crippen LogP contribution in [0.3, 0.4) is 0 Å². The van der Waals surface area contributed by atoms with Crippen LogP contribution in [0.4, 0.5) is 5.69 Å². The summed E-state index contributed by atoms with van der Waals surface area (Å²) >= 11 is 1.30. The maximum absolute atomic E-state index is 13.1. The van der Waals surface area contributed by atoms with E-state index in [0.29, 0.717) is 46.1 Å². The summed E-state index contributed by atoms with van der Waals surface area (Å²) in [7, 11) is 3.21. The summed E-state index contributed by atoms with van der Waals surface area (Å²) in [5.74, 6) is 4.69. The first-order valence-electron chi connectivity index (χ1n) is 14.8. The first kappa shape index (κ1) is 31.3. The molecule has 9 nitrogen and oxygen atoms in total. The molecule has 1 N–H and O–H groups in total. The minimum absolute atomic E-state index is 0.119. The SMILES string of the molecule is COc1ccc(Cc2nnc(SCC(=O)Nc3cccc(Oc4ccccc4)c3)n2-c2ccc(Oc3ccccc3)cc2)cc1OC. The van der Waals surface area contributed by atoms with Crippen LogP contribution in [0.5, 0.6) is 34.5 Å². The molecule has 0 unspecified atom stereocenters. The lowest BCUT2D eigenvalue weighted by Gasteiger charge is -2.13. The largest absolute Gasteiger partial charge is 0.493 e. The van der Waals surface area contributed by atoms with Crippen molar-refractivity contribution in [1.82, 2.24) is 14.8 Å². The van der Waals surface area contributed by atoms with Gasteiger partial charge in [-0.25, -0.2) is 0 Å². The van der Waals surface area contributed by atoms with Crippen molar-refractivity contribution in [2.24, 2.45) is 0 Å². The molecule has 0 bridgehead atoms. The number of para-hydroxylation sites is 2. The molecule has 0 radical (unpaired) electrons. The van der Waals surface area contributed by atoms with E-state index < -0.39 is 0 Å². The molecule has 0 aliphatic rings. The van der Waals surface area contributed by atoms with Gasteiger partial charge in [-0.1, -0.05) is 60.3 Å². The van der Waals surface area contributed by atoms with E-state index in [1.165, 1.54) is 11.8 Å². The minimum Gasteiger partial charge on any atom is -0.493 e. The summed E-state index contributed by atoms with van der Waals surface area (Å²) < 4.78 is 24.8. The summed E-state index contributed by atoms with van der Waals surface area (Å²) in [6.45, 7) is 0. The van der Waals surface area contributed by atoms with E-state index in [0.717, 1.165) is 22.7 Å². The average molecular weight is 645 g/mol. The molecule has 5 aromatic carbocycles. The minimum atomic E-state index is -0.186. The van der Waals surface area contributed by atoms with Gasteiger partial charge in [-0.3, -0.25) is 9.36 Å². The Balaban J connectivity index is 1.20. The molecule has 6 rings (SSSR count). The van der Waals surface area contributed by atoms with Crippen molar-refractivity contribution < 1.29 is 23.7 Å². The number of amides is 1. The molecule has 6 aromatic rings. The maximum Gasteiger partial charge on any atom is 0.234 e. The van der Waals surface area contributed by atoms with Gasteiger partial charge in [0.05, 0.1) is 20.0 Å². The Bertz CT molecular complexity index is 1930. The molecule has 1 heterocycles. The van der Waals surface area contributed by atoms with E-state index in [1.54, 1.807) is 20.3 Å². The number of nitrogens with zero attached hydrogens (tertiary/aromatic N) is 3. The smallest absolute Gasteiger partial charge is 0.234 e. The number of nitrogens with one attached hydrogen (secondary N) is 1. The second-order valence-corrected chi connectivity index (χ2v) is 11.2. The van der Waals surface area contributed by atoms with Crippen LogP contribution in [0.25, 0.3) is 5.69 Å². The molecule has 0 saturated carbocycles. The van der Waals surface area contributed by atoms with Crippen LogP contribution in [0.15, 0.2) is 133 Å². The number of aromatic nitrogens is 3. The molecular formula is C37H32N4O5S. The third-order valence-electron chi connectivity index (χ3n) is 7.01. The zero-order valence-corrected chi connectivity index (χ0v) is 26.6. The molecule has 0 atom stereocenters. The Labute approximate surface area is 277 Å². The molecule has 0 spiro atoms. The number of hydrogen-bond donors (Lipinski definition) is 1. The van der Waals surface area contributed by atoms with Crippen molar-refractivity contribution in [1.29, 1.82) is 0 Å². The number of methoxy groups -OCH3 is 2. The Kier molecular flexibility index (Phi) is 9.99. The van der Waals surface area contributed by atoms with Gasteiger partial charge in [-0.2, -0.15) is 0 Å². The number of ether oxygens (including phenoxy) is 4. The highest BCUT2D eigenvalue weighted by molar-refractivity contribution is 7.99. The Hall–Kier alpha value is -5.74. The normalized spacial score (nSPS) is 10.7. The standard InChI is InChI=1S/C37H32N4O5S/c1-43-33-21-16-26(22-34(33)44-2)23-35-39-40-37(41(35)28-17-19-31(20-18-28)45-29-11-5-3-6-12-29)47-25-36(42)38-27-10-9-15-32(24-27)46-30-13-7-4-8-14-30/h3-22,24H,23,25H2,1-2H3,(H,38,42). The average Bonchev–Trinajstić information content (AvgIpc) is 3.50. The van der Waals surface area contributed by atoms with Gasteiger partial charge in [-0.05, 0) is 78.4 Å². The van der Waals surface area contributed by atoms with E-state index in [-0.39, 0.29) is 11.7 Å². The molecular weight excluding hydrogens is 612 g/mol. The second kappa shape index (κ2) is 15.0. The summed E-state index contributed by atoms with van der Waals surface area (Å²) in [6, 6.07) is 39.8. The molecule has 1 aromatic heterocycles. The Morgan fingerprint density at radius 1 is 0.681 bits per heavy atom. The first-order valence-corrected chi connectivity index (χ1v) is 15.8. The zero-order chi connectivity index (χ0) is 32.4. The fourth-order valence-corrected chi connectivity index (χ4v) is 5.59. The predicted molar refractivity (Wildman–Crippen MR) is 183 cm³/mol. The van der Waals surface area contributed by atoms with Crippen molar-refractivity contribution in [2.45, 2.75) is 11.6 Å². The summed E-state index contributed by atoms with van der Waals surface area (Å²) in [4.78, 5) is 13.1. The highest BCUT2D eigenvalue weighted by Gasteiger charge is 2.18. The molecule has 0 saturated heterocycles. The van der Waals surface area contributed by atoms with Gasteiger partial charge in [0.15, 0.2) is 16.7 Å². The molecule has 236 valence electrons. The van der Waals surface area contributed by atoms with Gasteiger partial charge in [0.2, 0.25) is 5.91 Å². The van der Waals surface area contributed by atoms with Crippen LogP contribution in [-0.2, 0) is 11.2 Å².